The zero-order valence-corrected chi connectivity index (χ0v) is 31.6. The van der Waals surface area contributed by atoms with Gasteiger partial charge in [-0.3, -0.25) is 0 Å². The van der Waals surface area contributed by atoms with Crippen LogP contribution in [0.5, 0.6) is 0 Å². The van der Waals surface area contributed by atoms with E-state index in [0.29, 0.717) is 5.89 Å². The van der Waals surface area contributed by atoms with Crippen LogP contribution in [0.3, 0.4) is 0 Å². The third-order valence-electron chi connectivity index (χ3n) is 11.3. The van der Waals surface area contributed by atoms with Crippen molar-refractivity contribution in [3.05, 3.63) is 218 Å². The maximum atomic E-state index is 6.36. The lowest BCUT2D eigenvalue weighted by Gasteiger charge is -2.26. The predicted molar refractivity (Wildman–Crippen MR) is 243 cm³/mol. The lowest BCUT2D eigenvalue weighted by molar-refractivity contribution is 0.623. The normalized spacial score (nSPS) is 11.4. The van der Waals surface area contributed by atoms with Gasteiger partial charge < -0.3 is 9.32 Å². The minimum atomic E-state index is 0.641. The zero-order valence-electron chi connectivity index (χ0n) is 31.6. The van der Waals surface area contributed by atoms with E-state index in [9.17, 15) is 0 Å². The van der Waals surface area contributed by atoms with Crippen molar-refractivity contribution < 1.29 is 4.42 Å². The largest absolute Gasteiger partial charge is 0.435 e. The predicted octanol–water partition coefficient (Wildman–Crippen LogP) is 15.4. The van der Waals surface area contributed by atoms with Crippen LogP contribution in [-0.4, -0.2) is 4.98 Å². The molecule has 0 atom stereocenters. The highest BCUT2D eigenvalue weighted by molar-refractivity contribution is 6.15. The summed E-state index contributed by atoms with van der Waals surface area (Å²) in [7, 11) is 0. The van der Waals surface area contributed by atoms with Gasteiger partial charge in [-0.1, -0.05) is 152 Å². The van der Waals surface area contributed by atoms with Gasteiger partial charge in [-0.15, -0.1) is 0 Å². The third-order valence-corrected chi connectivity index (χ3v) is 11.3. The maximum absolute atomic E-state index is 6.36. The molecule has 3 heteroatoms. The van der Waals surface area contributed by atoms with Crippen molar-refractivity contribution in [1.82, 2.24) is 4.98 Å². The molecule has 3 nitrogen and oxygen atoms in total. The standard InChI is InChI=1S/C55H36N2O/c1-3-10-37(11-4-1)38-18-26-45(27-19-38)57(47-30-22-41(23-31-47)49-17-9-15-40-12-7-8-16-48(40)49)46-28-20-39(21-29-46)43-24-32-50-44(36-43)25-33-52-51(50)34-35-53-54(52)58-55(56-53)42-13-5-2-6-14-42/h1-36H. The lowest BCUT2D eigenvalue weighted by Crippen LogP contribution is -2.09. The second-order valence-electron chi connectivity index (χ2n) is 14.8. The van der Waals surface area contributed by atoms with Crippen LogP contribution in [0, 0.1) is 0 Å². The fraction of sp³-hybridized carbons (Fsp3) is 0. The molecule has 0 aliphatic rings. The Hall–Kier alpha value is -7.75. The first-order valence-electron chi connectivity index (χ1n) is 19.7. The van der Waals surface area contributed by atoms with Crippen LogP contribution < -0.4 is 4.90 Å². The summed E-state index contributed by atoms with van der Waals surface area (Å²) in [4.78, 5) is 7.14. The van der Waals surface area contributed by atoms with Gasteiger partial charge in [0.1, 0.15) is 5.52 Å². The van der Waals surface area contributed by atoms with Crippen LogP contribution in [0.25, 0.3) is 88.3 Å². The Morgan fingerprint density at radius 1 is 0.328 bits per heavy atom. The van der Waals surface area contributed by atoms with E-state index >= 15 is 0 Å². The molecule has 272 valence electrons. The Balaban J connectivity index is 0.943. The van der Waals surface area contributed by atoms with Crippen molar-refractivity contribution in [2.75, 3.05) is 4.90 Å². The molecular weight excluding hydrogens is 705 g/mol. The number of oxazole rings is 1. The van der Waals surface area contributed by atoms with Gasteiger partial charge >= 0.3 is 0 Å². The van der Waals surface area contributed by atoms with Gasteiger partial charge in [0.25, 0.3) is 0 Å². The van der Waals surface area contributed by atoms with Crippen LogP contribution >= 0.6 is 0 Å². The summed E-state index contributed by atoms with van der Waals surface area (Å²) in [5.74, 6) is 0.641. The van der Waals surface area contributed by atoms with E-state index in [2.05, 4.69) is 193 Å². The fourth-order valence-electron chi connectivity index (χ4n) is 8.37. The molecule has 1 aromatic heterocycles. The average molecular weight is 741 g/mol. The minimum absolute atomic E-state index is 0.641. The number of aromatic nitrogens is 1. The number of hydrogen-bond acceptors (Lipinski definition) is 3. The minimum Gasteiger partial charge on any atom is -0.435 e. The molecule has 0 amide bonds. The molecule has 0 saturated carbocycles. The van der Waals surface area contributed by atoms with E-state index in [0.717, 1.165) is 50.1 Å². The van der Waals surface area contributed by atoms with Crippen LogP contribution in [0.2, 0.25) is 0 Å². The Kier molecular flexibility index (Phi) is 8.15. The SMILES string of the molecule is c1ccc(-c2ccc(N(c3ccc(-c4ccc5c(ccc6c5ccc5nc(-c7ccccc7)oc56)c4)cc3)c3ccc(-c4cccc5ccccc45)cc3)cc2)cc1. The molecule has 0 N–H and O–H groups in total. The average Bonchev–Trinajstić information content (AvgIpc) is 3.75. The van der Waals surface area contributed by atoms with Gasteiger partial charge in [-0.25, -0.2) is 4.98 Å². The van der Waals surface area contributed by atoms with Gasteiger partial charge in [0.2, 0.25) is 5.89 Å². The molecule has 11 aromatic rings. The van der Waals surface area contributed by atoms with Crippen molar-refractivity contribution >= 4 is 60.5 Å². The van der Waals surface area contributed by atoms with Gasteiger partial charge in [0.15, 0.2) is 5.58 Å². The summed E-state index contributed by atoms with van der Waals surface area (Å²) in [6, 6.07) is 77.8. The van der Waals surface area contributed by atoms with Crippen LogP contribution in [-0.2, 0) is 0 Å². The Bertz CT molecular complexity index is 3240. The van der Waals surface area contributed by atoms with Crippen LogP contribution in [0.4, 0.5) is 17.1 Å². The van der Waals surface area contributed by atoms with E-state index in [1.165, 1.54) is 49.4 Å². The van der Waals surface area contributed by atoms with Crippen molar-refractivity contribution in [2.45, 2.75) is 0 Å². The van der Waals surface area contributed by atoms with Gasteiger partial charge in [0.05, 0.1) is 0 Å². The highest BCUT2D eigenvalue weighted by Gasteiger charge is 2.16. The van der Waals surface area contributed by atoms with E-state index in [1.807, 2.05) is 30.3 Å². The number of nitrogens with zero attached hydrogens (tertiary/aromatic N) is 2. The first kappa shape index (κ1) is 33.6. The van der Waals surface area contributed by atoms with Crippen molar-refractivity contribution in [1.29, 1.82) is 0 Å². The van der Waals surface area contributed by atoms with Gasteiger partial charge in [-0.2, -0.15) is 0 Å². The molecule has 0 radical (unpaired) electrons. The zero-order chi connectivity index (χ0) is 38.4. The molecule has 11 rings (SSSR count). The van der Waals surface area contributed by atoms with Crippen molar-refractivity contribution in [2.24, 2.45) is 0 Å². The highest BCUT2D eigenvalue weighted by atomic mass is 16.3. The molecule has 10 aromatic carbocycles. The second kappa shape index (κ2) is 14.1. The summed E-state index contributed by atoms with van der Waals surface area (Å²) in [6.07, 6.45) is 0. The topological polar surface area (TPSA) is 29.3 Å². The molecule has 0 fully saturated rings. The summed E-state index contributed by atoms with van der Waals surface area (Å²) in [5.41, 5.74) is 13.1. The van der Waals surface area contributed by atoms with Crippen LogP contribution in [0.15, 0.2) is 223 Å². The first-order valence-corrected chi connectivity index (χ1v) is 19.7. The molecule has 0 bridgehead atoms. The third kappa shape index (κ3) is 5.98. The second-order valence-corrected chi connectivity index (χ2v) is 14.8. The number of hydrogen-bond donors (Lipinski definition) is 0. The Morgan fingerprint density at radius 3 is 1.57 bits per heavy atom. The maximum Gasteiger partial charge on any atom is 0.227 e. The molecule has 58 heavy (non-hydrogen) atoms. The quantitative estimate of drug-likeness (QED) is 0.152. The molecule has 0 aliphatic carbocycles. The van der Waals surface area contributed by atoms with E-state index in [1.54, 1.807) is 0 Å². The summed E-state index contributed by atoms with van der Waals surface area (Å²) < 4.78 is 6.36. The van der Waals surface area contributed by atoms with Crippen molar-refractivity contribution in [3.63, 3.8) is 0 Å². The number of benzene rings is 10. The Labute approximate surface area is 336 Å². The number of rotatable bonds is 7. The molecule has 0 aliphatic heterocycles. The van der Waals surface area contributed by atoms with Crippen molar-refractivity contribution in [3.8, 4) is 44.8 Å². The van der Waals surface area contributed by atoms with E-state index in [4.69, 9.17) is 9.40 Å². The van der Waals surface area contributed by atoms with E-state index in [-0.39, 0.29) is 0 Å². The summed E-state index contributed by atoms with van der Waals surface area (Å²) >= 11 is 0. The molecule has 1 heterocycles. The summed E-state index contributed by atoms with van der Waals surface area (Å²) in [5, 5.41) is 7.10. The monoisotopic (exact) mass is 740 g/mol. The lowest BCUT2D eigenvalue weighted by atomic mass is 9.97. The number of fused-ring (bicyclic) bond motifs is 6. The van der Waals surface area contributed by atoms with E-state index < -0.39 is 0 Å². The highest BCUT2D eigenvalue weighted by Crippen LogP contribution is 2.40. The molecule has 0 unspecified atom stereocenters. The number of anilines is 3. The smallest absolute Gasteiger partial charge is 0.227 e. The fourth-order valence-corrected chi connectivity index (χ4v) is 8.37. The van der Waals surface area contributed by atoms with Gasteiger partial charge in [0, 0.05) is 28.0 Å². The molecule has 0 saturated heterocycles. The first-order chi connectivity index (χ1) is 28.7. The molecular formula is C55H36N2O. The van der Waals surface area contributed by atoms with Gasteiger partial charge in [-0.05, 0) is 127 Å². The summed E-state index contributed by atoms with van der Waals surface area (Å²) in [6.45, 7) is 0. The molecule has 0 spiro atoms. The van der Waals surface area contributed by atoms with Crippen LogP contribution in [0.1, 0.15) is 0 Å². The Morgan fingerprint density at radius 2 is 0.862 bits per heavy atom.